The molecule has 0 aromatic carbocycles. The number of nitrogens with one attached hydrogen (secondary N) is 2. The highest BCUT2D eigenvalue weighted by atomic mass is 15.4. The van der Waals surface area contributed by atoms with E-state index in [1.807, 2.05) is 7.05 Å². The molecule has 1 saturated heterocycles. The summed E-state index contributed by atoms with van der Waals surface area (Å²) in [5, 5.41) is 10.8. The van der Waals surface area contributed by atoms with Gasteiger partial charge in [-0.2, -0.15) is 4.98 Å². The Morgan fingerprint density at radius 3 is 2.71 bits per heavy atom. The number of hydrogen-bond donors (Lipinski definition) is 2. The second-order valence-electron chi connectivity index (χ2n) is 5.28. The van der Waals surface area contributed by atoms with Crippen LogP contribution in [0.2, 0.25) is 0 Å². The van der Waals surface area contributed by atoms with E-state index in [0.717, 1.165) is 37.2 Å². The quantitative estimate of drug-likeness (QED) is 0.815. The van der Waals surface area contributed by atoms with E-state index in [0.29, 0.717) is 6.04 Å². The van der Waals surface area contributed by atoms with Crippen LogP contribution in [0.4, 0.5) is 5.95 Å². The van der Waals surface area contributed by atoms with Gasteiger partial charge in [-0.3, -0.25) is 5.10 Å². The Kier molecular flexibility index (Phi) is 3.01. The lowest BCUT2D eigenvalue weighted by atomic mass is 10.1. The van der Waals surface area contributed by atoms with Gasteiger partial charge in [-0.15, -0.1) is 5.10 Å². The zero-order valence-electron chi connectivity index (χ0n) is 10.4. The highest BCUT2D eigenvalue weighted by molar-refractivity contribution is 5.29. The summed E-state index contributed by atoms with van der Waals surface area (Å²) >= 11 is 0. The number of rotatable bonds is 4. The predicted molar refractivity (Wildman–Crippen MR) is 67.1 cm³/mol. The van der Waals surface area contributed by atoms with Gasteiger partial charge in [0.2, 0.25) is 5.95 Å². The Bertz CT molecular complexity index is 363. The monoisotopic (exact) mass is 235 g/mol. The largest absolute Gasteiger partial charge is 0.339 e. The van der Waals surface area contributed by atoms with Crippen LogP contribution in [0.15, 0.2) is 0 Å². The first kappa shape index (κ1) is 11.0. The Morgan fingerprint density at radius 1 is 1.29 bits per heavy atom. The molecule has 1 aromatic heterocycles. The van der Waals surface area contributed by atoms with Gasteiger partial charge < -0.3 is 10.2 Å². The Hall–Kier alpha value is -1.10. The molecule has 0 bridgehead atoms. The van der Waals surface area contributed by atoms with Crippen LogP contribution in [-0.4, -0.2) is 41.4 Å². The zero-order chi connectivity index (χ0) is 11.7. The van der Waals surface area contributed by atoms with Crippen molar-refractivity contribution in [3.05, 3.63) is 5.82 Å². The maximum atomic E-state index is 4.60. The minimum atomic E-state index is 0.663. The molecule has 3 rings (SSSR count). The van der Waals surface area contributed by atoms with Crippen molar-refractivity contribution in [2.75, 3.05) is 25.0 Å². The van der Waals surface area contributed by atoms with Crippen LogP contribution < -0.4 is 10.2 Å². The van der Waals surface area contributed by atoms with Crippen molar-refractivity contribution < 1.29 is 0 Å². The number of anilines is 1. The third-order valence-corrected chi connectivity index (χ3v) is 3.88. The first-order chi connectivity index (χ1) is 8.35. The van der Waals surface area contributed by atoms with E-state index in [9.17, 15) is 0 Å². The summed E-state index contributed by atoms with van der Waals surface area (Å²) in [5.74, 6) is 2.83. The van der Waals surface area contributed by atoms with Crippen LogP contribution in [-0.2, 0) is 6.42 Å². The van der Waals surface area contributed by atoms with E-state index >= 15 is 0 Å². The fourth-order valence-electron chi connectivity index (χ4n) is 2.48. The van der Waals surface area contributed by atoms with Gasteiger partial charge in [0.25, 0.3) is 0 Å². The van der Waals surface area contributed by atoms with E-state index in [-0.39, 0.29) is 0 Å². The minimum absolute atomic E-state index is 0.663. The van der Waals surface area contributed by atoms with Crippen LogP contribution in [0, 0.1) is 5.92 Å². The SMILES string of the molecule is CNC1CCN(c2n[nH]c(CC3CC3)n2)CC1. The van der Waals surface area contributed by atoms with Crippen LogP contribution in [0.3, 0.4) is 0 Å². The molecular weight excluding hydrogens is 214 g/mol. The second kappa shape index (κ2) is 4.64. The van der Waals surface area contributed by atoms with Gasteiger partial charge in [-0.1, -0.05) is 0 Å². The molecule has 0 spiro atoms. The second-order valence-corrected chi connectivity index (χ2v) is 5.28. The molecule has 1 aliphatic heterocycles. The number of nitrogens with zero attached hydrogens (tertiary/aromatic N) is 3. The summed E-state index contributed by atoms with van der Waals surface area (Å²) in [7, 11) is 2.04. The molecule has 0 atom stereocenters. The molecule has 0 amide bonds. The molecule has 1 aromatic rings. The summed E-state index contributed by atoms with van der Waals surface area (Å²) in [6.07, 6.45) is 6.18. The minimum Gasteiger partial charge on any atom is -0.339 e. The Labute approximate surface area is 102 Å². The van der Waals surface area contributed by atoms with Crippen molar-refractivity contribution in [2.45, 2.75) is 38.1 Å². The van der Waals surface area contributed by atoms with E-state index in [4.69, 9.17) is 0 Å². The first-order valence-electron chi connectivity index (χ1n) is 6.68. The van der Waals surface area contributed by atoms with Crippen molar-refractivity contribution in [3.63, 3.8) is 0 Å². The van der Waals surface area contributed by atoms with E-state index in [1.165, 1.54) is 25.7 Å². The fourth-order valence-corrected chi connectivity index (χ4v) is 2.48. The summed E-state index contributed by atoms with van der Waals surface area (Å²) in [5.41, 5.74) is 0. The standard InChI is InChI=1S/C12H21N5/c1-13-10-4-6-17(7-5-10)12-14-11(15-16-12)8-9-2-3-9/h9-10,13H,2-8H2,1H3,(H,14,15,16). The third-order valence-electron chi connectivity index (χ3n) is 3.88. The normalized spacial score (nSPS) is 22.1. The average Bonchev–Trinajstić information content (AvgIpc) is 3.06. The first-order valence-corrected chi connectivity index (χ1v) is 6.68. The number of piperidine rings is 1. The summed E-state index contributed by atoms with van der Waals surface area (Å²) in [6, 6.07) is 0.663. The van der Waals surface area contributed by atoms with E-state index in [2.05, 4.69) is 25.4 Å². The summed E-state index contributed by atoms with van der Waals surface area (Å²) < 4.78 is 0. The maximum absolute atomic E-state index is 4.60. The highest BCUT2D eigenvalue weighted by Gasteiger charge is 2.25. The average molecular weight is 235 g/mol. The van der Waals surface area contributed by atoms with Crippen molar-refractivity contribution in [1.29, 1.82) is 0 Å². The molecule has 2 heterocycles. The summed E-state index contributed by atoms with van der Waals surface area (Å²) in [4.78, 5) is 6.90. The molecule has 94 valence electrons. The lowest BCUT2D eigenvalue weighted by molar-refractivity contribution is 0.439. The Balaban J connectivity index is 1.58. The van der Waals surface area contributed by atoms with E-state index < -0.39 is 0 Å². The van der Waals surface area contributed by atoms with E-state index in [1.54, 1.807) is 0 Å². The zero-order valence-corrected chi connectivity index (χ0v) is 10.4. The molecule has 5 nitrogen and oxygen atoms in total. The third kappa shape index (κ3) is 2.60. The molecule has 17 heavy (non-hydrogen) atoms. The van der Waals surface area contributed by atoms with Gasteiger partial charge in [-0.05, 0) is 38.6 Å². The van der Waals surface area contributed by atoms with Gasteiger partial charge in [-0.25, -0.2) is 0 Å². The molecule has 0 radical (unpaired) electrons. The van der Waals surface area contributed by atoms with Crippen molar-refractivity contribution >= 4 is 5.95 Å². The molecule has 0 unspecified atom stereocenters. The smallest absolute Gasteiger partial charge is 0.244 e. The molecular formula is C12H21N5. The van der Waals surface area contributed by atoms with Gasteiger partial charge in [0.1, 0.15) is 5.82 Å². The van der Waals surface area contributed by atoms with Gasteiger partial charge >= 0.3 is 0 Å². The van der Waals surface area contributed by atoms with Crippen molar-refractivity contribution in [2.24, 2.45) is 5.92 Å². The van der Waals surface area contributed by atoms with Crippen LogP contribution >= 0.6 is 0 Å². The fraction of sp³-hybridized carbons (Fsp3) is 0.833. The lowest BCUT2D eigenvalue weighted by Crippen LogP contribution is -2.41. The predicted octanol–water partition coefficient (Wildman–Crippen LogP) is 0.945. The maximum Gasteiger partial charge on any atom is 0.244 e. The van der Waals surface area contributed by atoms with Gasteiger partial charge in [0, 0.05) is 25.6 Å². The van der Waals surface area contributed by atoms with Crippen LogP contribution in [0.1, 0.15) is 31.5 Å². The molecule has 2 N–H and O–H groups in total. The highest BCUT2D eigenvalue weighted by Crippen LogP contribution is 2.31. The molecule has 2 aliphatic rings. The van der Waals surface area contributed by atoms with Crippen LogP contribution in [0.25, 0.3) is 0 Å². The summed E-state index contributed by atoms with van der Waals surface area (Å²) in [6.45, 7) is 2.12. The van der Waals surface area contributed by atoms with Gasteiger partial charge in [0.05, 0.1) is 0 Å². The van der Waals surface area contributed by atoms with Gasteiger partial charge in [0.15, 0.2) is 0 Å². The molecule has 1 aliphatic carbocycles. The van der Waals surface area contributed by atoms with Crippen molar-refractivity contribution in [3.8, 4) is 0 Å². The molecule has 1 saturated carbocycles. The number of H-pyrrole nitrogens is 1. The lowest BCUT2D eigenvalue weighted by Gasteiger charge is -2.30. The molecule has 5 heteroatoms. The van der Waals surface area contributed by atoms with Crippen LogP contribution in [0.5, 0.6) is 0 Å². The Morgan fingerprint density at radius 2 is 2.06 bits per heavy atom. The number of aromatic amines is 1. The number of hydrogen-bond acceptors (Lipinski definition) is 4. The topological polar surface area (TPSA) is 56.8 Å². The van der Waals surface area contributed by atoms with Crippen molar-refractivity contribution in [1.82, 2.24) is 20.5 Å². The molecule has 2 fully saturated rings. The number of aromatic nitrogens is 3.